The number of carboxylic acid groups (broad SMARTS) is 1. The highest BCUT2D eigenvalue weighted by Gasteiger charge is 2.31. The first kappa shape index (κ1) is 26.4. The van der Waals surface area contributed by atoms with Crippen LogP contribution in [0.3, 0.4) is 0 Å². The molecular formula is C24H38N4O5S. The number of sulfonamides is 1. The first-order valence-electron chi connectivity index (χ1n) is 12.5. The third kappa shape index (κ3) is 7.94. The van der Waals surface area contributed by atoms with Gasteiger partial charge in [0, 0.05) is 43.1 Å². The van der Waals surface area contributed by atoms with Gasteiger partial charge in [-0.2, -0.15) is 0 Å². The molecule has 1 saturated carbocycles. The Labute approximate surface area is 202 Å². The van der Waals surface area contributed by atoms with Crippen LogP contribution < -0.4 is 14.9 Å². The Bertz CT molecular complexity index is 895. The molecule has 9 nitrogen and oxygen atoms in total. The van der Waals surface area contributed by atoms with E-state index in [0.717, 1.165) is 63.7 Å². The van der Waals surface area contributed by atoms with Crippen LogP contribution in [-0.2, 0) is 19.6 Å². The van der Waals surface area contributed by atoms with Gasteiger partial charge in [-0.25, -0.2) is 13.1 Å². The summed E-state index contributed by atoms with van der Waals surface area (Å²) in [6.45, 7) is 3.59. The number of anilines is 1. The molecule has 1 aromatic heterocycles. The molecule has 3 N–H and O–H groups in total. The molecule has 1 amide bonds. The number of nitrogens with one attached hydrogen (secondary N) is 2. The van der Waals surface area contributed by atoms with E-state index in [9.17, 15) is 23.1 Å². The molecule has 2 heterocycles. The maximum Gasteiger partial charge on any atom is 0.321 e. The molecular weight excluding hydrogens is 456 g/mol. The normalized spacial score (nSPS) is 22.8. The fourth-order valence-corrected chi connectivity index (χ4v) is 6.38. The van der Waals surface area contributed by atoms with Crippen molar-refractivity contribution >= 4 is 27.6 Å². The number of unbranched alkanes of at least 4 members (excludes halogenated alkanes) is 1. The van der Waals surface area contributed by atoms with Crippen LogP contribution in [0.2, 0.25) is 0 Å². The molecule has 2 fully saturated rings. The molecule has 1 aromatic rings. The van der Waals surface area contributed by atoms with Gasteiger partial charge in [-0.1, -0.05) is 13.3 Å². The summed E-state index contributed by atoms with van der Waals surface area (Å²) in [6.07, 6.45) is 9.89. The van der Waals surface area contributed by atoms with E-state index in [4.69, 9.17) is 0 Å². The van der Waals surface area contributed by atoms with Gasteiger partial charge < -0.3 is 15.3 Å². The molecule has 1 aliphatic heterocycles. The number of carbonyl (C=O) groups excluding carboxylic acids is 1. The number of pyridine rings is 1. The van der Waals surface area contributed by atoms with E-state index >= 15 is 0 Å². The van der Waals surface area contributed by atoms with Crippen LogP contribution in [0.5, 0.6) is 0 Å². The fraction of sp³-hybridized carbons (Fsp3) is 0.708. The van der Waals surface area contributed by atoms with Gasteiger partial charge in [0.15, 0.2) is 0 Å². The molecule has 1 unspecified atom stereocenters. The second-order valence-electron chi connectivity index (χ2n) is 9.61. The average Bonchev–Trinajstić information content (AvgIpc) is 2.84. The first-order chi connectivity index (χ1) is 16.3. The van der Waals surface area contributed by atoms with Gasteiger partial charge in [0.1, 0.15) is 6.04 Å². The average molecular weight is 495 g/mol. The van der Waals surface area contributed by atoms with Crippen molar-refractivity contribution in [1.82, 2.24) is 15.0 Å². The number of carboxylic acids is 1. The topological polar surface area (TPSA) is 129 Å². The molecule has 190 valence electrons. The second-order valence-corrected chi connectivity index (χ2v) is 11.5. The zero-order valence-electron chi connectivity index (χ0n) is 20.0. The number of piperidine rings is 1. The van der Waals surface area contributed by atoms with Crippen LogP contribution in [0.15, 0.2) is 24.5 Å². The number of aliphatic carboxylic acids is 1. The van der Waals surface area contributed by atoms with Crippen molar-refractivity contribution in [2.75, 3.05) is 23.7 Å². The molecule has 0 aromatic carbocycles. The summed E-state index contributed by atoms with van der Waals surface area (Å²) in [5.74, 6) is -0.914. The maximum absolute atomic E-state index is 12.8. The Morgan fingerprint density at radius 2 is 1.76 bits per heavy atom. The van der Waals surface area contributed by atoms with Crippen molar-refractivity contribution in [1.29, 1.82) is 0 Å². The van der Waals surface area contributed by atoms with Gasteiger partial charge in [0.25, 0.3) is 0 Å². The van der Waals surface area contributed by atoms with Crippen LogP contribution in [-0.4, -0.2) is 61.3 Å². The Kier molecular flexibility index (Phi) is 9.70. The summed E-state index contributed by atoms with van der Waals surface area (Å²) < 4.78 is 26.7. The minimum Gasteiger partial charge on any atom is -0.480 e. The molecule has 2 aliphatic rings. The molecule has 0 spiro atoms. The molecule has 1 atom stereocenters. The smallest absolute Gasteiger partial charge is 0.321 e. The van der Waals surface area contributed by atoms with Gasteiger partial charge in [-0.15, -0.1) is 0 Å². The number of rotatable bonds is 11. The van der Waals surface area contributed by atoms with Crippen LogP contribution in [0, 0.1) is 11.8 Å². The summed E-state index contributed by atoms with van der Waals surface area (Å²) >= 11 is 0. The third-order valence-electron chi connectivity index (χ3n) is 7.04. The van der Waals surface area contributed by atoms with Crippen molar-refractivity contribution in [3.63, 3.8) is 0 Å². The Morgan fingerprint density at radius 3 is 2.35 bits per heavy atom. The predicted octanol–water partition coefficient (Wildman–Crippen LogP) is 2.54. The summed E-state index contributed by atoms with van der Waals surface area (Å²) in [5.41, 5.74) is 1.14. The number of carbonyl (C=O) groups is 2. The van der Waals surface area contributed by atoms with E-state index in [1.165, 1.54) is 0 Å². The lowest BCUT2D eigenvalue weighted by atomic mass is 9.82. The molecule has 10 heteroatoms. The SMILES string of the molecule is CCCCS(=O)(=O)NC(CC1CCC(NC(=O)C2CCN(c3ccncc3)CC2)CC1)C(=O)O. The molecule has 1 aliphatic carbocycles. The van der Waals surface area contributed by atoms with Gasteiger partial charge in [0.2, 0.25) is 15.9 Å². The quantitative estimate of drug-likeness (QED) is 0.431. The molecule has 1 saturated heterocycles. The van der Waals surface area contributed by atoms with Gasteiger partial charge in [-0.05, 0) is 69.4 Å². The lowest BCUT2D eigenvalue weighted by molar-refractivity contribution is -0.139. The molecule has 0 radical (unpaired) electrons. The zero-order valence-corrected chi connectivity index (χ0v) is 20.8. The monoisotopic (exact) mass is 494 g/mol. The Morgan fingerprint density at radius 1 is 1.12 bits per heavy atom. The standard InChI is InChI=1S/C24H38N4O5S/c1-2-3-16-34(32,33)27-22(24(30)31)17-18-4-6-20(7-5-18)26-23(29)19-10-14-28(15-11-19)21-8-12-25-13-9-21/h8-9,12-13,18-20,22,27H,2-7,10-11,14-17H2,1H3,(H,26,29)(H,30,31). The number of nitrogens with zero attached hydrogens (tertiary/aromatic N) is 2. The highest BCUT2D eigenvalue weighted by atomic mass is 32.2. The summed E-state index contributed by atoms with van der Waals surface area (Å²) in [7, 11) is -3.59. The van der Waals surface area contributed by atoms with Crippen LogP contribution in [0.4, 0.5) is 5.69 Å². The van der Waals surface area contributed by atoms with Crippen molar-refractivity contribution < 1.29 is 23.1 Å². The van der Waals surface area contributed by atoms with Crippen molar-refractivity contribution in [3.8, 4) is 0 Å². The van der Waals surface area contributed by atoms with Crippen LogP contribution in [0.25, 0.3) is 0 Å². The lowest BCUT2D eigenvalue weighted by Crippen LogP contribution is -2.46. The highest BCUT2D eigenvalue weighted by molar-refractivity contribution is 7.89. The van der Waals surface area contributed by atoms with Gasteiger partial charge >= 0.3 is 5.97 Å². The number of hydrogen-bond donors (Lipinski definition) is 3. The van der Waals surface area contributed by atoms with Crippen molar-refractivity contribution in [2.45, 2.75) is 76.8 Å². The minimum absolute atomic E-state index is 0.0183. The van der Waals surface area contributed by atoms with E-state index in [-0.39, 0.29) is 36.0 Å². The van der Waals surface area contributed by atoms with Crippen molar-refractivity contribution in [3.05, 3.63) is 24.5 Å². The van der Waals surface area contributed by atoms with E-state index in [1.807, 2.05) is 19.1 Å². The number of hydrogen-bond acceptors (Lipinski definition) is 6. The largest absolute Gasteiger partial charge is 0.480 e. The molecule has 34 heavy (non-hydrogen) atoms. The van der Waals surface area contributed by atoms with Crippen LogP contribution >= 0.6 is 0 Å². The summed E-state index contributed by atoms with van der Waals surface area (Å²) in [6, 6.07) is 2.99. The van der Waals surface area contributed by atoms with Gasteiger partial charge in [0.05, 0.1) is 5.75 Å². The van der Waals surface area contributed by atoms with E-state index < -0.39 is 22.0 Å². The van der Waals surface area contributed by atoms with E-state index in [0.29, 0.717) is 6.42 Å². The predicted molar refractivity (Wildman–Crippen MR) is 131 cm³/mol. The third-order valence-corrected chi connectivity index (χ3v) is 8.51. The van der Waals surface area contributed by atoms with Gasteiger partial charge in [-0.3, -0.25) is 14.6 Å². The Hall–Kier alpha value is -2.20. The fourth-order valence-electron chi connectivity index (χ4n) is 4.96. The van der Waals surface area contributed by atoms with Crippen LogP contribution in [0.1, 0.15) is 64.7 Å². The molecule has 3 rings (SSSR count). The summed E-state index contributed by atoms with van der Waals surface area (Å²) in [5, 5.41) is 12.7. The van der Waals surface area contributed by atoms with Crippen molar-refractivity contribution in [2.24, 2.45) is 11.8 Å². The first-order valence-corrected chi connectivity index (χ1v) is 14.1. The number of aromatic nitrogens is 1. The maximum atomic E-state index is 12.8. The van der Waals surface area contributed by atoms with E-state index in [2.05, 4.69) is 19.9 Å². The second kappa shape index (κ2) is 12.5. The minimum atomic E-state index is -3.59. The highest BCUT2D eigenvalue weighted by Crippen LogP contribution is 2.29. The lowest BCUT2D eigenvalue weighted by Gasteiger charge is -2.35. The van der Waals surface area contributed by atoms with E-state index in [1.54, 1.807) is 12.4 Å². The molecule has 0 bridgehead atoms. The Balaban J connectivity index is 1.40. The summed E-state index contributed by atoms with van der Waals surface area (Å²) in [4.78, 5) is 30.8. The zero-order chi connectivity index (χ0) is 24.6. The number of amides is 1.